The monoisotopic (exact) mass is 419 g/mol. The van der Waals surface area contributed by atoms with Crippen LogP contribution in [0.4, 0.5) is 5.69 Å². The van der Waals surface area contributed by atoms with E-state index < -0.39 is 0 Å². The summed E-state index contributed by atoms with van der Waals surface area (Å²) in [5, 5.41) is 5.31. The first-order valence-electron chi connectivity index (χ1n) is 10.8. The highest BCUT2D eigenvalue weighted by Crippen LogP contribution is 2.14. The molecular formula is C23H37N3O4. The molecule has 7 heteroatoms. The first-order valence-corrected chi connectivity index (χ1v) is 10.8. The van der Waals surface area contributed by atoms with Crippen LogP contribution in [0.5, 0.6) is 5.75 Å². The van der Waals surface area contributed by atoms with Crippen molar-refractivity contribution in [1.82, 2.24) is 10.2 Å². The van der Waals surface area contributed by atoms with E-state index in [1.807, 2.05) is 13.8 Å². The second-order valence-electron chi connectivity index (χ2n) is 7.89. The van der Waals surface area contributed by atoms with Gasteiger partial charge in [0.1, 0.15) is 5.75 Å². The number of unbranched alkanes of at least 4 members (excludes halogenated alkanes) is 4. The topological polar surface area (TPSA) is 87.7 Å². The summed E-state index contributed by atoms with van der Waals surface area (Å²) < 4.78 is 5.08. The van der Waals surface area contributed by atoms with Crippen LogP contribution in [0.3, 0.4) is 0 Å². The van der Waals surface area contributed by atoms with Crippen LogP contribution < -0.4 is 15.4 Å². The Morgan fingerprint density at radius 2 is 1.67 bits per heavy atom. The molecule has 0 heterocycles. The number of benzene rings is 1. The summed E-state index contributed by atoms with van der Waals surface area (Å²) in [4.78, 5) is 38.5. The van der Waals surface area contributed by atoms with Crippen molar-refractivity contribution in [2.45, 2.75) is 59.3 Å². The predicted molar refractivity (Wildman–Crippen MR) is 119 cm³/mol. The Kier molecular flexibility index (Phi) is 12.2. The Balaban J connectivity index is 2.43. The summed E-state index contributed by atoms with van der Waals surface area (Å²) in [5.74, 6) is 0.297. The molecule has 0 aliphatic heterocycles. The molecule has 0 unspecified atom stereocenters. The number of carbonyl (C=O) groups is 3. The average Bonchev–Trinajstić information content (AvgIpc) is 2.71. The Labute approximate surface area is 180 Å². The number of hydrogen-bond donors (Lipinski definition) is 2. The van der Waals surface area contributed by atoms with Gasteiger partial charge in [0.25, 0.3) is 0 Å². The van der Waals surface area contributed by atoms with E-state index in [0.717, 1.165) is 19.3 Å². The van der Waals surface area contributed by atoms with Gasteiger partial charge in [-0.05, 0) is 36.6 Å². The van der Waals surface area contributed by atoms with Gasteiger partial charge in [0.2, 0.25) is 17.7 Å². The molecule has 0 aromatic heterocycles. The number of methoxy groups -OCH3 is 1. The Morgan fingerprint density at radius 3 is 2.27 bits per heavy atom. The van der Waals surface area contributed by atoms with Crippen LogP contribution in [-0.2, 0) is 14.4 Å². The van der Waals surface area contributed by atoms with Gasteiger partial charge in [0, 0.05) is 18.7 Å². The van der Waals surface area contributed by atoms with Crippen LogP contribution in [0.25, 0.3) is 0 Å². The van der Waals surface area contributed by atoms with E-state index >= 15 is 0 Å². The SMILES string of the molecule is CCCCCCCC(=O)N(CC(=O)NCC(=O)Nc1ccc(OC)cc1)CC(C)C. The maximum atomic E-state index is 12.5. The van der Waals surface area contributed by atoms with Crippen LogP contribution in [0.1, 0.15) is 59.3 Å². The normalized spacial score (nSPS) is 10.6. The van der Waals surface area contributed by atoms with Crippen molar-refractivity contribution < 1.29 is 19.1 Å². The lowest BCUT2D eigenvalue weighted by Gasteiger charge is -2.24. The number of anilines is 1. The fourth-order valence-electron chi connectivity index (χ4n) is 3.02. The van der Waals surface area contributed by atoms with Crippen LogP contribution in [0.2, 0.25) is 0 Å². The van der Waals surface area contributed by atoms with Gasteiger partial charge in [-0.15, -0.1) is 0 Å². The summed E-state index contributed by atoms with van der Waals surface area (Å²) in [6.45, 7) is 6.54. The number of carbonyl (C=O) groups excluding carboxylic acids is 3. The maximum absolute atomic E-state index is 12.5. The first kappa shape index (κ1) is 25.5. The van der Waals surface area contributed by atoms with Crippen LogP contribution in [0.15, 0.2) is 24.3 Å². The van der Waals surface area contributed by atoms with Gasteiger partial charge in [-0.25, -0.2) is 0 Å². The zero-order chi connectivity index (χ0) is 22.4. The zero-order valence-corrected chi connectivity index (χ0v) is 18.8. The highest BCUT2D eigenvalue weighted by molar-refractivity contribution is 5.95. The molecule has 0 aliphatic rings. The minimum Gasteiger partial charge on any atom is -0.497 e. The van der Waals surface area contributed by atoms with Crippen molar-refractivity contribution in [3.8, 4) is 5.75 Å². The lowest BCUT2D eigenvalue weighted by molar-refractivity contribution is -0.136. The molecule has 30 heavy (non-hydrogen) atoms. The summed E-state index contributed by atoms with van der Waals surface area (Å²) >= 11 is 0. The fourth-order valence-corrected chi connectivity index (χ4v) is 3.02. The van der Waals surface area contributed by atoms with Gasteiger partial charge in [-0.2, -0.15) is 0 Å². The Morgan fingerprint density at radius 1 is 1.00 bits per heavy atom. The van der Waals surface area contributed by atoms with Crippen molar-refractivity contribution in [2.24, 2.45) is 5.92 Å². The number of nitrogens with one attached hydrogen (secondary N) is 2. The summed E-state index contributed by atoms with van der Waals surface area (Å²) in [5.41, 5.74) is 0.620. The highest BCUT2D eigenvalue weighted by atomic mass is 16.5. The molecular weight excluding hydrogens is 382 g/mol. The molecule has 168 valence electrons. The van der Waals surface area contributed by atoms with E-state index in [9.17, 15) is 14.4 Å². The smallest absolute Gasteiger partial charge is 0.243 e. The number of amides is 3. The highest BCUT2D eigenvalue weighted by Gasteiger charge is 2.18. The molecule has 0 radical (unpaired) electrons. The zero-order valence-electron chi connectivity index (χ0n) is 18.8. The molecule has 0 saturated heterocycles. The van der Waals surface area contributed by atoms with E-state index in [4.69, 9.17) is 4.74 Å². The molecule has 0 atom stereocenters. The summed E-state index contributed by atoms with van der Waals surface area (Å²) in [7, 11) is 1.57. The predicted octanol–water partition coefficient (Wildman–Crippen LogP) is 3.60. The lowest BCUT2D eigenvalue weighted by atomic mass is 10.1. The number of hydrogen-bond acceptors (Lipinski definition) is 4. The molecule has 3 amide bonds. The van der Waals surface area contributed by atoms with Crippen LogP contribution in [-0.4, -0.2) is 49.4 Å². The molecule has 1 rings (SSSR count). The van der Waals surface area contributed by atoms with Crippen molar-refractivity contribution in [3.05, 3.63) is 24.3 Å². The average molecular weight is 420 g/mol. The molecule has 0 aliphatic carbocycles. The van der Waals surface area contributed by atoms with Crippen molar-refractivity contribution >= 4 is 23.4 Å². The van der Waals surface area contributed by atoms with Crippen molar-refractivity contribution in [1.29, 1.82) is 0 Å². The molecule has 0 bridgehead atoms. The standard InChI is InChI=1S/C23H37N3O4/c1-5-6-7-8-9-10-23(29)26(16-18(2)3)17-22(28)24-15-21(27)25-19-11-13-20(30-4)14-12-19/h11-14,18H,5-10,15-17H2,1-4H3,(H,24,28)(H,25,27). The van der Waals surface area contributed by atoms with Gasteiger partial charge in [-0.1, -0.05) is 46.5 Å². The van der Waals surface area contributed by atoms with E-state index in [2.05, 4.69) is 17.6 Å². The van der Waals surface area contributed by atoms with Crippen LogP contribution >= 0.6 is 0 Å². The van der Waals surface area contributed by atoms with Crippen molar-refractivity contribution in [2.75, 3.05) is 32.1 Å². The summed E-state index contributed by atoms with van der Waals surface area (Å²) in [6.07, 6.45) is 5.83. The Bertz CT molecular complexity index is 659. The van der Waals surface area contributed by atoms with E-state index in [0.29, 0.717) is 24.4 Å². The third-order valence-electron chi connectivity index (χ3n) is 4.59. The number of nitrogens with zero attached hydrogens (tertiary/aromatic N) is 1. The number of rotatable bonds is 14. The second kappa shape index (κ2) is 14.4. The van der Waals surface area contributed by atoms with Gasteiger partial charge in [0.05, 0.1) is 20.2 Å². The quantitative estimate of drug-likeness (QED) is 0.451. The van der Waals surface area contributed by atoms with E-state index in [1.54, 1.807) is 36.3 Å². The minimum atomic E-state index is -0.333. The third kappa shape index (κ3) is 10.8. The van der Waals surface area contributed by atoms with E-state index in [-0.39, 0.29) is 36.7 Å². The van der Waals surface area contributed by atoms with E-state index in [1.165, 1.54) is 12.8 Å². The molecule has 1 aromatic rings. The molecule has 0 spiro atoms. The third-order valence-corrected chi connectivity index (χ3v) is 4.59. The molecule has 1 aromatic carbocycles. The first-order chi connectivity index (χ1) is 14.3. The summed E-state index contributed by atoms with van der Waals surface area (Å²) in [6, 6.07) is 6.93. The van der Waals surface area contributed by atoms with Gasteiger partial charge < -0.3 is 20.3 Å². The fraction of sp³-hybridized carbons (Fsp3) is 0.609. The largest absolute Gasteiger partial charge is 0.497 e. The lowest BCUT2D eigenvalue weighted by Crippen LogP contribution is -2.44. The van der Waals surface area contributed by atoms with Gasteiger partial charge in [0.15, 0.2) is 0 Å². The molecule has 0 fully saturated rings. The second-order valence-corrected chi connectivity index (χ2v) is 7.89. The number of ether oxygens (including phenoxy) is 1. The minimum absolute atomic E-state index is 0.00182. The Hall–Kier alpha value is -2.57. The van der Waals surface area contributed by atoms with Gasteiger partial charge >= 0.3 is 0 Å². The van der Waals surface area contributed by atoms with Crippen LogP contribution in [0, 0.1) is 5.92 Å². The molecule has 7 nitrogen and oxygen atoms in total. The molecule has 0 saturated carbocycles. The van der Waals surface area contributed by atoms with Gasteiger partial charge in [-0.3, -0.25) is 14.4 Å². The molecule has 2 N–H and O–H groups in total. The maximum Gasteiger partial charge on any atom is 0.243 e. The van der Waals surface area contributed by atoms with Crippen molar-refractivity contribution in [3.63, 3.8) is 0 Å².